The van der Waals surface area contributed by atoms with Crippen molar-refractivity contribution in [1.29, 1.82) is 0 Å². The van der Waals surface area contributed by atoms with Gasteiger partial charge in [-0.25, -0.2) is 4.98 Å². The molecule has 116 valence electrons. The molecule has 1 saturated heterocycles. The zero-order chi connectivity index (χ0) is 15.7. The summed E-state index contributed by atoms with van der Waals surface area (Å²) in [6.45, 7) is 5.50. The molecular formula is C16H19BrN4O. The fourth-order valence-corrected chi connectivity index (χ4v) is 3.19. The summed E-state index contributed by atoms with van der Waals surface area (Å²) < 4.78 is 2.39. The van der Waals surface area contributed by atoms with Crippen molar-refractivity contribution < 1.29 is 0 Å². The number of aromatic nitrogens is 2. The molecule has 1 N–H and O–H groups in total. The van der Waals surface area contributed by atoms with Gasteiger partial charge >= 0.3 is 0 Å². The van der Waals surface area contributed by atoms with Crippen LogP contribution in [0.1, 0.15) is 18.4 Å². The van der Waals surface area contributed by atoms with Crippen LogP contribution in [-0.2, 0) is 7.05 Å². The SMILES string of the molecule is CCN1CC(c2ccc(Nc3cc(Br)cn(C)c3=O)nc2)C1. The van der Waals surface area contributed by atoms with E-state index < -0.39 is 0 Å². The summed E-state index contributed by atoms with van der Waals surface area (Å²) in [5.74, 6) is 1.27. The van der Waals surface area contributed by atoms with E-state index >= 15 is 0 Å². The first-order valence-electron chi connectivity index (χ1n) is 7.38. The molecule has 1 aliphatic rings. The van der Waals surface area contributed by atoms with Crippen LogP contribution in [0.3, 0.4) is 0 Å². The summed E-state index contributed by atoms with van der Waals surface area (Å²) in [7, 11) is 1.73. The van der Waals surface area contributed by atoms with Gasteiger partial charge in [0.1, 0.15) is 11.5 Å². The van der Waals surface area contributed by atoms with Crippen LogP contribution in [0.2, 0.25) is 0 Å². The molecule has 5 nitrogen and oxygen atoms in total. The van der Waals surface area contributed by atoms with Gasteiger partial charge in [-0.3, -0.25) is 4.79 Å². The van der Waals surface area contributed by atoms with Gasteiger partial charge in [0.15, 0.2) is 0 Å². The number of nitrogens with one attached hydrogen (secondary N) is 1. The first-order valence-corrected chi connectivity index (χ1v) is 8.17. The van der Waals surface area contributed by atoms with Gasteiger partial charge in [-0.05, 0) is 40.2 Å². The second-order valence-electron chi connectivity index (χ2n) is 5.64. The van der Waals surface area contributed by atoms with Gasteiger partial charge in [-0.15, -0.1) is 0 Å². The molecule has 6 heteroatoms. The van der Waals surface area contributed by atoms with E-state index in [0.717, 1.165) is 24.1 Å². The normalized spacial score (nSPS) is 15.6. The molecule has 2 aromatic rings. The Morgan fingerprint density at radius 3 is 2.82 bits per heavy atom. The predicted molar refractivity (Wildman–Crippen MR) is 91.8 cm³/mol. The number of rotatable bonds is 4. The lowest BCUT2D eigenvalue weighted by molar-refractivity contribution is 0.157. The third kappa shape index (κ3) is 3.08. The summed E-state index contributed by atoms with van der Waals surface area (Å²) in [5, 5.41) is 3.09. The molecule has 0 unspecified atom stereocenters. The number of halogens is 1. The van der Waals surface area contributed by atoms with E-state index in [4.69, 9.17) is 0 Å². The molecule has 0 atom stereocenters. The Bertz CT molecular complexity index is 720. The smallest absolute Gasteiger partial charge is 0.274 e. The van der Waals surface area contributed by atoms with Crippen LogP contribution in [0.15, 0.2) is 39.9 Å². The zero-order valence-corrected chi connectivity index (χ0v) is 14.3. The minimum absolute atomic E-state index is 0.0772. The number of aryl methyl sites for hydroxylation is 1. The van der Waals surface area contributed by atoms with E-state index in [1.807, 2.05) is 12.3 Å². The van der Waals surface area contributed by atoms with Crippen molar-refractivity contribution >= 4 is 27.4 Å². The number of anilines is 2. The van der Waals surface area contributed by atoms with E-state index in [-0.39, 0.29) is 5.56 Å². The van der Waals surface area contributed by atoms with E-state index in [1.54, 1.807) is 19.3 Å². The maximum atomic E-state index is 12.1. The number of nitrogens with zero attached hydrogens (tertiary/aromatic N) is 3. The van der Waals surface area contributed by atoms with Gasteiger partial charge in [0.2, 0.25) is 0 Å². The van der Waals surface area contributed by atoms with Crippen molar-refractivity contribution in [3.05, 3.63) is 51.0 Å². The van der Waals surface area contributed by atoms with Crippen molar-refractivity contribution in [2.45, 2.75) is 12.8 Å². The zero-order valence-electron chi connectivity index (χ0n) is 12.7. The summed E-state index contributed by atoms with van der Waals surface area (Å²) in [4.78, 5) is 18.9. The van der Waals surface area contributed by atoms with Crippen molar-refractivity contribution in [2.24, 2.45) is 7.05 Å². The number of likely N-dealkylation sites (tertiary alicyclic amines) is 1. The Kier molecular flexibility index (Phi) is 4.31. The molecule has 1 fully saturated rings. The second kappa shape index (κ2) is 6.22. The van der Waals surface area contributed by atoms with Gasteiger partial charge in [0.05, 0.1) is 0 Å². The highest BCUT2D eigenvalue weighted by atomic mass is 79.9. The Balaban J connectivity index is 1.73. The quantitative estimate of drug-likeness (QED) is 0.908. The van der Waals surface area contributed by atoms with Crippen LogP contribution in [0.25, 0.3) is 0 Å². The molecule has 0 radical (unpaired) electrons. The second-order valence-corrected chi connectivity index (χ2v) is 6.55. The van der Waals surface area contributed by atoms with Crippen molar-refractivity contribution in [2.75, 3.05) is 25.0 Å². The number of pyridine rings is 2. The average Bonchev–Trinajstić information content (AvgIpc) is 2.45. The predicted octanol–water partition coefficient (Wildman–Crippen LogP) is 2.71. The molecule has 3 rings (SSSR count). The first kappa shape index (κ1) is 15.2. The van der Waals surface area contributed by atoms with Gasteiger partial charge in [-0.2, -0.15) is 0 Å². The Labute approximate surface area is 138 Å². The number of hydrogen-bond acceptors (Lipinski definition) is 4. The molecule has 22 heavy (non-hydrogen) atoms. The minimum atomic E-state index is -0.0772. The van der Waals surface area contributed by atoms with Crippen LogP contribution >= 0.6 is 15.9 Å². The highest BCUT2D eigenvalue weighted by Crippen LogP contribution is 2.26. The van der Waals surface area contributed by atoms with E-state index in [1.165, 1.54) is 10.1 Å². The van der Waals surface area contributed by atoms with Crippen LogP contribution in [0.5, 0.6) is 0 Å². The van der Waals surface area contributed by atoms with Crippen LogP contribution < -0.4 is 10.9 Å². The van der Waals surface area contributed by atoms with Crippen molar-refractivity contribution in [1.82, 2.24) is 14.5 Å². The van der Waals surface area contributed by atoms with E-state index in [0.29, 0.717) is 17.4 Å². The standard InChI is InChI=1S/C16H19BrN4O/c1-3-21-8-12(9-21)11-4-5-15(18-7-11)19-14-6-13(17)10-20(2)16(14)22/h4-7,10,12H,3,8-9H2,1-2H3,(H,18,19). The number of likely N-dealkylation sites (N-methyl/N-ethyl adjacent to an activating group) is 1. The maximum absolute atomic E-state index is 12.1. The Morgan fingerprint density at radius 1 is 1.41 bits per heavy atom. The maximum Gasteiger partial charge on any atom is 0.274 e. The highest BCUT2D eigenvalue weighted by molar-refractivity contribution is 9.10. The fourth-order valence-electron chi connectivity index (χ4n) is 2.66. The van der Waals surface area contributed by atoms with Gasteiger partial charge < -0.3 is 14.8 Å². The van der Waals surface area contributed by atoms with Crippen LogP contribution in [0, 0.1) is 0 Å². The van der Waals surface area contributed by atoms with Crippen LogP contribution in [-0.4, -0.2) is 34.1 Å². The van der Waals surface area contributed by atoms with Gasteiger partial charge in [0, 0.05) is 42.9 Å². The molecule has 0 aliphatic carbocycles. The number of hydrogen-bond donors (Lipinski definition) is 1. The third-order valence-electron chi connectivity index (χ3n) is 4.07. The van der Waals surface area contributed by atoms with Crippen molar-refractivity contribution in [3.8, 4) is 0 Å². The lowest BCUT2D eigenvalue weighted by Crippen LogP contribution is -2.44. The minimum Gasteiger partial charge on any atom is -0.336 e. The molecule has 0 amide bonds. The van der Waals surface area contributed by atoms with Gasteiger partial charge in [0.25, 0.3) is 5.56 Å². The third-order valence-corrected chi connectivity index (χ3v) is 4.51. The summed E-state index contributed by atoms with van der Waals surface area (Å²) in [6, 6.07) is 5.79. The van der Waals surface area contributed by atoms with Crippen molar-refractivity contribution in [3.63, 3.8) is 0 Å². The van der Waals surface area contributed by atoms with Crippen LogP contribution in [0.4, 0.5) is 11.5 Å². The molecule has 0 saturated carbocycles. The molecule has 0 bridgehead atoms. The van der Waals surface area contributed by atoms with E-state index in [9.17, 15) is 4.79 Å². The fraction of sp³-hybridized carbons (Fsp3) is 0.375. The summed E-state index contributed by atoms with van der Waals surface area (Å²) in [5.41, 5.74) is 1.70. The van der Waals surface area contributed by atoms with E-state index in [2.05, 4.69) is 44.1 Å². The Morgan fingerprint density at radius 2 is 2.18 bits per heavy atom. The highest BCUT2D eigenvalue weighted by Gasteiger charge is 2.26. The average molecular weight is 363 g/mol. The largest absolute Gasteiger partial charge is 0.336 e. The Hall–Kier alpha value is -1.66. The monoisotopic (exact) mass is 362 g/mol. The summed E-state index contributed by atoms with van der Waals surface area (Å²) in [6.07, 6.45) is 3.64. The first-order chi connectivity index (χ1) is 10.6. The lowest BCUT2D eigenvalue weighted by atomic mass is 9.93. The topological polar surface area (TPSA) is 50.2 Å². The molecular weight excluding hydrogens is 344 g/mol. The molecule has 2 aromatic heterocycles. The summed E-state index contributed by atoms with van der Waals surface area (Å²) >= 11 is 3.40. The lowest BCUT2D eigenvalue weighted by Gasteiger charge is -2.38. The molecule has 0 spiro atoms. The molecule has 3 heterocycles. The molecule has 0 aromatic carbocycles. The van der Waals surface area contributed by atoms with Gasteiger partial charge in [-0.1, -0.05) is 13.0 Å². The molecule has 1 aliphatic heterocycles.